The van der Waals surface area contributed by atoms with E-state index in [9.17, 15) is 0 Å². The molecule has 1 nitrogen and oxygen atoms in total. The third kappa shape index (κ3) is 4.13. The van der Waals surface area contributed by atoms with Crippen LogP contribution >= 0.6 is 0 Å². The van der Waals surface area contributed by atoms with Crippen LogP contribution in [0, 0.1) is 5.82 Å². The second-order valence-corrected chi connectivity index (χ2v) is 12.1. The Hall–Kier alpha value is -5.47. The third-order valence-corrected chi connectivity index (χ3v) is 9.74. The van der Waals surface area contributed by atoms with Crippen molar-refractivity contribution < 1.29 is 4.39 Å². The van der Waals surface area contributed by atoms with E-state index in [2.05, 4.69) is 114 Å². The van der Waals surface area contributed by atoms with Crippen LogP contribution in [0.2, 0.25) is 0 Å². The molecule has 0 aromatic heterocycles. The average Bonchev–Trinajstić information content (AvgIpc) is 3.53. The summed E-state index contributed by atoms with van der Waals surface area (Å²) >= 11 is 0. The topological polar surface area (TPSA) is 3.24 Å². The van der Waals surface area contributed by atoms with Gasteiger partial charge in [-0.15, -0.1) is 0 Å². The minimum Gasteiger partial charge on any atom is -0.341 e. The number of anilines is 2. The Balaban J connectivity index is 1.21. The summed E-state index contributed by atoms with van der Waals surface area (Å²) in [6.45, 7) is 1.01. The third-order valence-electron chi connectivity index (χ3n) is 9.74. The van der Waals surface area contributed by atoms with Crippen LogP contribution in [0.25, 0.3) is 43.4 Å². The standard InChI is InChI=1S/C43H30FN/c44-39-12-6-5-11-38(39)41(30-9-2-1-3-10-30)36-24-18-32-17-23-35-34(22-16-31-19-25-37(36)43(32)42(31)35)28-14-20-33(21-15-28)45-27-26-29-8-4-7-13-40(29)45/h1-25,41H,26-27H2. The SMILES string of the molecule is Fc1ccccc1C(c1ccccc1)c1ccc2ccc3c(-c4ccc(N5CCc6ccccc65)cc4)ccc4ccc1c2c43. The molecule has 0 saturated heterocycles. The quantitative estimate of drug-likeness (QED) is 0.145. The summed E-state index contributed by atoms with van der Waals surface area (Å²) in [5.41, 5.74) is 9.28. The molecule has 0 radical (unpaired) electrons. The molecule has 2 heteroatoms. The second-order valence-electron chi connectivity index (χ2n) is 12.1. The molecule has 0 aliphatic carbocycles. The van der Waals surface area contributed by atoms with Crippen LogP contribution in [0.15, 0.2) is 152 Å². The summed E-state index contributed by atoms with van der Waals surface area (Å²) in [6.07, 6.45) is 1.08. The normalized spacial score (nSPS) is 13.6. The van der Waals surface area contributed by atoms with Gasteiger partial charge in [-0.05, 0) is 96.4 Å². The maximum absolute atomic E-state index is 15.4. The Morgan fingerprint density at radius 3 is 2.02 bits per heavy atom. The van der Waals surface area contributed by atoms with Crippen LogP contribution in [0.4, 0.5) is 15.8 Å². The van der Waals surface area contributed by atoms with E-state index in [0.29, 0.717) is 5.56 Å². The number of halogens is 1. The number of fused-ring (bicyclic) bond motifs is 1. The van der Waals surface area contributed by atoms with E-state index < -0.39 is 0 Å². The van der Waals surface area contributed by atoms with E-state index in [1.807, 2.05) is 30.3 Å². The lowest BCUT2D eigenvalue weighted by Gasteiger charge is -2.23. The number of para-hydroxylation sites is 1. The zero-order valence-corrected chi connectivity index (χ0v) is 24.8. The van der Waals surface area contributed by atoms with Gasteiger partial charge in [0.2, 0.25) is 0 Å². The fraction of sp³-hybridized carbons (Fsp3) is 0.0698. The Morgan fingerprint density at radius 2 is 1.20 bits per heavy atom. The first-order chi connectivity index (χ1) is 22.2. The van der Waals surface area contributed by atoms with Gasteiger partial charge in [0.1, 0.15) is 5.82 Å². The van der Waals surface area contributed by atoms with Crippen LogP contribution in [0.5, 0.6) is 0 Å². The van der Waals surface area contributed by atoms with Gasteiger partial charge in [0.25, 0.3) is 0 Å². The fourth-order valence-electron chi connectivity index (χ4n) is 7.64. The molecule has 0 fully saturated rings. The van der Waals surface area contributed by atoms with E-state index in [1.165, 1.54) is 60.4 Å². The molecule has 45 heavy (non-hydrogen) atoms. The summed E-state index contributed by atoms with van der Waals surface area (Å²) in [4.78, 5) is 2.42. The van der Waals surface area contributed by atoms with Crippen LogP contribution < -0.4 is 4.90 Å². The fourth-order valence-corrected chi connectivity index (χ4v) is 7.64. The molecule has 214 valence electrons. The van der Waals surface area contributed by atoms with Gasteiger partial charge in [-0.1, -0.05) is 127 Å². The first kappa shape index (κ1) is 26.0. The van der Waals surface area contributed by atoms with Crippen LogP contribution in [0.3, 0.4) is 0 Å². The van der Waals surface area contributed by atoms with Crippen LogP contribution in [-0.2, 0) is 6.42 Å². The lowest BCUT2D eigenvalue weighted by molar-refractivity contribution is 0.607. The Bertz CT molecular complexity index is 2340. The van der Waals surface area contributed by atoms with Crippen molar-refractivity contribution >= 4 is 43.7 Å². The highest BCUT2D eigenvalue weighted by Crippen LogP contribution is 2.44. The van der Waals surface area contributed by atoms with Crippen molar-refractivity contribution in [2.75, 3.05) is 11.4 Å². The largest absolute Gasteiger partial charge is 0.341 e. The molecular formula is C43H30FN. The molecule has 0 saturated carbocycles. The van der Waals surface area contributed by atoms with Crippen LogP contribution in [0.1, 0.15) is 28.2 Å². The number of nitrogens with zero attached hydrogens (tertiary/aromatic N) is 1. The highest BCUT2D eigenvalue weighted by molar-refractivity contribution is 6.26. The van der Waals surface area contributed by atoms with Gasteiger partial charge >= 0.3 is 0 Å². The van der Waals surface area contributed by atoms with Crippen molar-refractivity contribution in [3.63, 3.8) is 0 Å². The van der Waals surface area contributed by atoms with Crippen molar-refractivity contribution in [1.82, 2.24) is 0 Å². The van der Waals surface area contributed by atoms with Gasteiger partial charge in [-0.3, -0.25) is 0 Å². The molecule has 0 N–H and O–H groups in total. The number of hydrogen-bond donors (Lipinski definition) is 0. The second kappa shape index (κ2) is 10.3. The molecule has 0 bridgehead atoms. The maximum atomic E-state index is 15.4. The molecule has 8 aromatic carbocycles. The molecular weight excluding hydrogens is 549 g/mol. The first-order valence-corrected chi connectivity index (χ1v) is 15.7. The highest BCUT2D eigenvalue weighted by Gasteiger charge is 2.24. The van der Waals surface area contributed by atoms with Gasteiger partial charge < -0.3 is 4.90 Å². The molecule has 1 unspecified atom stereocenters. The summed E-state index contributed by atoms with van der Waals surface area (Å²) in [5.74, 6) is -0.403. The van der Waals surface area contributed by atoms with E-state index in [-0.39, 0.29) is 11.7 Å². The smallest absolute Gasteiger partial charge is 0.127 e. The summed E-state index contributed by atoms with van der Waals surface area (Å²) < 4.78 is 15.4. The Morgan fingerprint density at radius 1 is 0.533 bits per heavy atom. The molecule has 9 rings (SSSR count). The number of hydrogen-bond acceptors (Lipinski definition) is 1. The summed E-state index contributed by atoms with van der Waals surface area (Å²) in [5, 5.41) is 7.34. The monoisotopic (exact) mass is 579 g/mol. The molecule has 0 amide bonds. The highest BCUT2D eigenvalue weighted by atomic mass is 19.1. The van der Waals surface area contributed by atoms with Crippen molar-refractivity contribution in [3.8, 4) is 11.1 Å². The van der Waals surface area contributed by atoms with Gasteiger partial charge in [0, 0.05) is 23.8 Å². The van der Waals surface area contributed by atoms with Gasteiger partial charge in [0.05, 0.1) is 0 Å². The lowest BCUT2D eigenvalue weighted by Crippen LogP contribution is -2.12. The predicted octanol–water partition coefficient (Wildman–Crippen LogP) is 11.3. The van der Waals surface area contributed by atoms with Crippen molar-refractivity contribution in [2.24, 2.45) is 0 Å². The van der Waals surface area contributed by atoms with Crippen molar-refractivity contribution in [3.05, 3.63) is 180 Å². The minimum atomic E-state index is -0.222. The van der Waals surface area contributed by atoms with Gasteiger partial charge in [0.15, 0.2) is 0 Å². The molecule has 8 aromatic rings. The lowest BCUT2D eigenvalue weighted by atomic mass is 9.80. The van der Waals surface area contributed by atoms with Gasteiger partial charge in [-0.2, -0.15) is 0 Å². The van der Waals surface area contributed by atoms with Gasteiger partial charge in [-0.25, -0.2) is 4.39 Å². The molecule has 1 heterocycles. The zero-order chi connectivity index (χ0) is 29.9. The predicted molar refractivity (Wildman–Crippen MR) is 187 cm³/mol. The maximum Gasteiger partial charge on any atom is 0.127 e. The van der Waals surface area contributed by atoms with Crippen molar-refractivity contribution in [2.45, 2.75) is 12.3 Å². The minimum absolute atomic E-state index is 0.180. The van der Waals surface area contributed by atoms with Crippen molar-refractivity contribution in [1.29, 1.82) is 0 Å². The van der Waals surface area contributed by atoms with E-state index in [4.69, 9.17) is 0 Å². The van der Waals surface area contributed by atoms with E-state index in [1.54, 1.807) is 12.1 Å². The first-order valence-electron chi connectivity index (χ1n) is 15.7. The summed E-state index contributed by atoms with van der Waals surface area (Å²) in [6, 6.07) is 53.2. The number of benzene rings is 8. The van der Waals surface area contributed by atoms with E-state index >= 15 is 4.39 Å². The molecule has 1 atom stereocenters. The average molecular weight is 580 g/mol. The number of rotatable bonds is 5. The molecule has 0 spiro atoms. The summed E-state index contributed by atoms with van der Waals surface area (Å²) in [7, 11) is 0. The Labute approximate surface area is 262 Å². The van der Waals surface area contributed by atoms with E-state index in [0.717, 1.165) is 24.1 Å². The Kier molecular flexibility index (Phi) is 5.96. The zero-order valence-electron chi connectivity index (χ0n) is 24.8. The van der Waals surface area contributed by atoms with Crippen LogP contribution in [-0.4, -0.2) is 6.54 Å². The molecule has 1 aliphatic heterocycles. The molecule has 1 aliphatic rings.